The number of likely N-dealkylation sites (N-methyl/N-ethyl adjacent to an activating group) is 1. The molecule has 1 atom stereocenters. The number of carbonyl (C=O) groups excluding carboxylic acids is 1. The number of benzene rings is 2. The molecule has 146 valence electrons. The molecule has 0 spiro atoms. The maximum Gasteiger partial charge on any atom is 0.247 e. The van der Waals surface area contributed by atoms with Gasteiger partial charge in [0.15, 0.2) is 0 Å². The number of rotatable bonds is 8. The van der Waals surface area contributed by atoms with E-state index in [0.29, 0.717) is 19.6 Å². The fourth-order valence-electron chi connectivity index (χ4n) is 3.12. The first-order valence-electron chi connectivity index (χ1n) is 9.25. The van der Waals surface area contributed by atoms with E-state index in [9.17, 15) is 4.79 Å². The van der Waals surface area contributed by atoms with Crippen molar-refractivity contribution in [3.05, 3.63) is 71.5 Å². The number of nitrogens with zero attached hydrogens (tertiary/aromatic N) is 5. The summed E-state index contributed by atoms with van der Waals surface area (Å²) in [6, 6.07) is 15.4. The fraction of sp³-hybridized carbons (Fsp3) is 0.333. The van der Waals surface area contributed by atoms with Crippen molar-refractivity contribution in [1.82, 2.24) is 25.1 Å². The molecule has 0 radical (unpaired) electrons. The average Bonchev–Trinajstić information content (AvgIpc) is 3.20. The summed E-state index contributed by atoms with van der Waals surface area (Å²) in [5, 5.41) is 11.3. The van der Waals surface area contributed by atoms with Crippen LogP contribution >= 0.6 is 0 Å². The van der Waals surface area contributed by atoms with Crippen molar-refractivity contribution in [2.24, 2.45) is 0 Å². The molecule has 0 fully saturated rings. The molecular weight excluding hydrogens is 354 g/mol. The zero-order valence-corrected chi connectivity index (χ0v) is 16.4. The Morgan fingerprint density at radius 3 is 2.50 bits per heavy atom. The first-order chi connectivity index (χ1) is 13.5. The van der Waals surface area contributed by atoms with Crippen molar-refractivity contribution in [3.63, 3.8) is 0 Å². The van der Waals surface area contributed by atoms with E-state index in [4.69, 9.17) is 4.74 Å². The highest BCUT2D eigenvalue weighted by Crippen LogP contribution is 2.17. The molecule has 3 aromatic rings. The number of hydrogen-bond acceptors (Lipinski definition) is 5. The van der Waals surface area contributed by atoms with Crippen LogP contribution in [-0.2, 0) is 11.2 Å². The third-order valence-corrected chi connectivity index (χ3v) is 4.51. The van der Waals surface area contributed by atoms with Crippen LogP contribution in [0.3, 0.4) is 0 Å². The first-order valence-corrected chi connectivity index (χ1v) is 9.25. The van der Waals surface area contributed by atoms with E-state index in [-0.39, 0.29) is 5.91 Å². The summed E-state index contributed by atoms with van der Waals surface area (Å²) in [6.45, 7) is 4.96. The maximum atomic E-state index is 13.1. The van der Waals surface area contributed by atoms with Gasteiger partial charge in [0.1, 0.15) is 24.7 Å². The monoisotopic (exact) mass is 379 g/mol. The largest absolute Gasteiger partial charge is 0.492 e. The third kappa shape index (κ3) is 5.16. The van der Waals surface area contributed by atoms with Gasteiger partial charge in [0.2, 0.25) is 5.91 Å². The molecule has 0 aliphatic heterocycles. The van der Waals surface area contributed by atoms with Crippen LogP contribution < -0.4 is 4.74 Å². The lowest BCUT2D eigenvalue weighted by atomic mass is 10.1. The van der Waals surface area contributed by atoms with Crippen LogP contribution in [0.1, 0.15) is 22.7 Å². The Hall–Kier alpha value is -3.22. The molecule has 3 rings (SSSR count). The van der Waals surface area contributed by atoms with Crippen LogP contribution in [0, 0.1) is 13.8 Å². The molecule has 0 saturated heterocycles. The summed E-state index contributed by atoms with van der Waals surface area (Å²) in [6.07, 6.45) is 2.00. The van der Waals surface area contributed by atoms with E-state index in [1.165, 1.54) is 11.0 Å². The molecule has 1 heterocycles. The molecule has 7 nitrogen and oxygen atoms in total. The molecule has 1 unspecified atom stereocenters. The number of tetrazole rings is 1. The lowest BCUT2D eigenvalue weighted by molar-refractivity contribution is -0.134. The highest BCUT2D eigenvalue weighted by atomic mass is 16.5. The molecule has 1 amide bonds. The Morgan fingerprint density at radius 2 is 1.86 bits per heavy atom. The number of hydrogen-bond donors (Lipinski definition) is 0. The quantitative estimate of drug-likeness (QED) is 0.602. The Kier molecular flexibility index (Phi) is 6.37. The molecule has 0 N–H and O–H groups in total. The summed E-state index contributed by atoms with van der Waals surface area (Å²) in [4.78, 5) is 14.7. The SMILES string of the molecule is Cc1cc(C)cc(OCCN(C)C(=O)C(Cc2ccccc2)n2cnnn2)c1. The van der Waals surface area contributed by atoms with Gasteiger partial charge in [-0.25, -0.2) is 4.68 Å². The van der Waals surface area contributed by atoms with Gasteiger partial charge in [-0.15, -0.1) is 5.10 Å². The normalized spacial score (nSPS) is 11.8. The lowest BCUT2D eigenvalue weighted by Gasteiger charge is -2.23. The predicted octanol–water partition coefficient (Wildman–Crippen LogP) is 2.61. The van der Waals surface area contributed by atoms with Gasteiger partial charge in [-0.2, -0.15) is 0 Å². The average molecular weight is 379 g/mol. The van der Waals surface area contributed by atoms with Crippen molar-refractivity contribution < 1.29 is 9.53 Å². The van der Waals surface area contributed by atoms with Crippen LogP contribution in [0.4, 0.5) is 0 Å². The summed E-state index contributed by atoms with van der Waals surface area (Å²) < 4.78 is 7.35. The summed E-state index contributed by atoms with van der Waals surface area (Å²) in [5.74, 6) is 0.764. The molecule has 7 heteroatoms. The zero-order chi connectivity index (χ0) is 19.9. The van der Waals surface area contributed by atoms with E-state index in [1.54, 1.807) is 11.9 Å². The molecule has 28 heavy (non-hydrogen) atoms. The highest BCUT2D eigenvalue weighted by molar-refractivity contribution is 5.80. The van der Waals surface area contributed by atoms with Gasteiger partial charge < -0.3 is 9.64 Å². The number of aryl methyl sites for hydroxylation is 2. The van der Waals surface area contributed by atoms with Crippen LogP contribution in [0.25, 0.3) is 0 Å². The topological polar surface area (TPSA) is 73.1 Å². The minimum atomic E-state index is -0.497. The number of ether oxygens (including phenoxy) is 1. The van der Waals surface area contributed by atoms with Gasteiger partial charge in [-0.1, -0.05) is 36.4 Å². The summed E-state index contributed by atoms with van der Waals surface area (Å²) in [7, 11) is 1.77. The zero-order valence-electron chi connectivity index (χ0n) is 16.4. The minimum Gasteiger partial charge on any atom is -0.492 e. The van der Waals surface area contributed by atoms with Gasteiger partial charge in [-0.05, 0) is 53.1 Å². The van der Waals surface area contributed by atoms with E-state index < -0.39 is 6.04 Å². The summed E-state index contributed by atoms with van der Waals surface area (Å²) in [5.41, 5.74) is 3.36. The number of aromatic nitrogens is 4. The molecule has 0 saturated carbocycles. The van der Waals surface area contributed by atoms with Crippen LogP contribution in [-0.4, -0.2) is 51.2 Å². The van der Waals surface area contributed by atoms with E-state index in [0.717, 1.165) is 22.4 Å². The maximum absolute atomic E-state index is 13.1. The number of amides is 1. The van der Waals surface area contributed by atoms with Gasteiger partial charge in [0.25, 0.3) is 0 Å². The molecular formula is C21H25N5O2. The second-order valence-corrected chi connectivity index (χ2v) is 6.93. The Labute approximate surface area is 164 Å². The summed E-state index contributed by atoms with van der Waals surface area (Å²) >= 11 is 0. The van der Waals surface area contributed by atoms with Crippen molar-refractivity contribution in [1.29, 1.82) is 0 Å². The van der Waals surface area contributed by atoms with Crippen LogP contribution in [0.5, 0.6) is 5.75 Å². The van der Waals surface area contributed by atoms with E-state index in [2.05, 4.69) is 21.6 Å². The van der Waals surface area contributed by atoms with Crippen molar-refractivity contribution in [2.45, 2.75) is 26.3 Å². The van der Waals surface area contributed by atoms with Gasteiger partial charge in [-0.3, -0.25) is 4.79 Å². The molecule has 0 bridgehead atoms. The standard InChI is InChI=1S/C21H25N5O2/c1-16-11-17(2)13-19(12-16)28-10-9-25(3)21(27)20(26-15-22-23-24-26)14-18-7-5-4-6-8-18/h4-8,11-13,15,20H,9-10,14H2,1-3H3. The van der Waals surface area contributed by atoms with E-state index >= 15 is 0 Å². The smallest absolute Gasteiger partial charge is 0.247 e. The number of carbonyl (C=O) groups is 1. The van der Waals surface area contributed by atoms with Gasteiger partial charge in [0, 0.05) is 13.5 Å². The molecule has 0 aliphatic rings. The Morgan fingerprint density at radius 1 is 1.14 bits per heavy atom. The van der Waals surface area contributed by atoms with Gasteiger partial charge in [0.05, 0.1) is 6.54 Å². The van der Waals surface area contributed by atoms with Gasteiger partial charge >= 0.3 is 0 Å². The fourth-order valence-corrected chi connectivity index (χ4v) is 3.12. The van der Waals surface area contributed by atoms with Crippen molar-refractivity contribution in [3.8, 4) is 5.75 Å². The van der Waals surface area contributed by atoms with Crippen molar-refractivity contribution in [2.75, 3.05) is 20.2 Å². The van der Waals surface area contributed by atoms with E-state index in [1.807, 2.05) is 56.3 Å². The third-order valence-electron chi connectivity index (χ3n) is 4.51. The van der Waals surface area contributed by atoms with Crippen molar-refractivity contribution >= 4 is 5.91 Å². The molecule has 1 aromatic heterocycles. The highest BCUT2D eigenvalue weighted by Gasteiger charge is 2.25. The Balaban J connectivity index is 1.63. The minimum absolute atomic E-state index is 0.0554. The predicted molar refractivity (Wildman–Crippen MR) is 106 cm³/mol. The second-order valence-electron chi connectivity index (χ2n) is 6.93. The van der Waals surface area contributed by atoms with Crippen LogP contribution in [0.15, 0.2) is 54.9 Å². The molecule has 0 aliphatic carbocycles. The Bertz CT molecular complexity index is 876. The molecule has 2 aromatic carbocycles. The van der Waals surface area contributed by atoms with Crippen LogP contribution in [0.2, 0.25) is 0 Å². The second kappa shape index (κ2) is 9.12. The first kappa shape index (κ1) is 19.5. The lowest BCUT2D eigenvalue weighted by Crippen LogP contribution is -2.38.